The van der Waals surface area contributed by atoms with Gasteiger partial charge in [-0.05, 0) is 24.3 Å². The van der Waals surface area contributed by atoms with Crippen LogP contribution in [-0.2, 0) is 7.05 Å². The molecule has 3 nitrogen and oxygen atoms in total. The van der Waals surface area contributed by atoms with Crippen LogP contribution >= 0.6 is 0 Å². The molecule has 0 fully saturated rings. The van der Waals surface area contributed by atoms with Crippen molar-refractivity contribution < 1.29 is 4.74 Å². The second-order valence-corrected chi connectivity index (χ2v) is 6.15. The molecule has 0 bridgehead atoms. The minimum Gasteiger partial charge on any atom is -0.497 e. The molecule has 0 N–H and O–H groups in total. The SMILES string of the molecule is COc1ccc(-c2nc(-c3ccccc3)n(C)c2-c2ccccc2)cc1. The van der Waals surface area contributed by atoms with Crippen molar-refractivity contribution in [3.05, 3.63) is 84.9 Å². The molecule has 1 heterocycles. The normalized spacial score (nSPS) is 10.7. The van der Waals surface area contributed by atoms with Crippen molar-refractivity contribution in [2.45, 2.75) is 0 Å². The highest BCUT2D eigenvalue weighted by Crippen LogP contribution is 2.35. The summed E-state index contributed by atoms with van der Waals surface area (Å²) in [6.07, 6.45) is 0. The van der Waals surface area contributed by atoms with E-state index >= 15 is 0 Å². The minimum absolute atomic E-state index is 0.842. The molecule has 0 aliphatic heterocycles. The summed E-state index contributed by atoms with van der Waals surface area (Å²) in [7, 11) is 3.75. The molecule has 0 atom stereocenters. The summed E-state index contributed by atoms with van der Waals surface area (Å²) in [5.41, 5.74) is 5.40. The molecule has 26 heavy (non-hydrogen) atoms. The molecule has 0 amide bonds. The maximum Gasteiger partial charge on any atom is 0.140 e. The molecular weight excluding hydrogens is 320 g/mol. The Morgan fingerprint density at radius 2 is 1.27 bits per heavy atom. The molecule has 0 radical (unpaired) electrons. The van der Waals surface area contributed by atoms with Gasteiger partial charge >= 0.3 is 0 Å². The third-order valence-corrected chi connectivity index (χ3v) is 4.54. The molecule has 4 rings (SSSR count). The van der Waals surface area contributed by atoms with E-state index < -0.39 is 0 Å². The van der Waals surface area contributed by atoms with Crippen LogP contribution in [0.15, 0.2) is 84.9 Å². The van der Waals surface area contributed by atoms with Gasteiger partial charge < -0.3 is 9.30 Å². The number of methoxy groups -OCH3 is 1. The first-order valence-corrected chi connectivity index (χ1v) is 8.60. The van der Waals surface area contributed by atoms with Gasteiger partial charge in [0.1, 0.15) is 11.6 Å². The Morgan fingerprint density at radius 3 is 1.85 bits per heavy atom. The van der Waals surface area contributed by atoms with Gasteiger partial charge in [-0.3, -0.25) is 0 Å². The number of ether oxygens (including phenoxy) is 1. The lowest BCUT2D eigenvalue weighted by atomic mass is 10.0. The van der Waals surface area contributed by atoms with Gasteiger partial charge in [0.2, 0.25) is 0 Å². The number of imidazole rings is 1. The molecule has 0 saturated heterocycles. The van der Waals surface area contributed by atoms with Crippen LogP contribution in [0, 0.1) is 0 Å². The van der Waals surface area contributed by atoms with E-state index in [4.69, 9.17) is 9.72 Å². The fraction of sp³-hybridized carbons (Fsp3) is 0.0870. The van der Waals surface area contributed by atoms with Crippen molar-refractivity contribution in [3.8, 4) is 39.7 Å². The first-order chi connectivity index (χ1) is 12.8. The third-order valence-electron chi connectivity index (χ3n) is 4.54. The highest BCUT2D eigenvalue weighted by Gasteiger charge is 2.18. The van der Waals surface area contributed by atoms with Gasteiger partial charge in [-0.2, -0.15) is 0 Å². The predicted octanol–water partition coefficient (Wildman–Crippen LogP) is 5.43. The van der Waals surface area contributed by atoms with Crippen LogP contribution in [0.1, 0.15) is 0 Å². The summed E-state index contributed by atoms with van der Waals surface area (Å²) in [5, 5.41) is 0. The topological polar surface area (TPSA) is 27.1 Å². The van der Waals surface area contributed by atoms with Gasteiger partial charge in [0, 0.05) is 23.7 Å². The Morgan fingerprint density at radius 1 is 0.692 bits per heavy atom. The van der Waals surface area contributed by atoms with E-state index in [1.54, 1.807) is 7.11 Å². The summed E-state index contributed by atoms with van der Waals surface area (Å²) in [6.45, 7) is 0. The maximum atomic E-state index is 5.29. The molecule has 4 aromatic rings. The predicted molar refractivity (Wildman–Crippen MR) is 106 cm³/mol. The maximum absolute atomic E-state index is 5.29. The van der Waals surface area contributed by atoms with Crippen LogP contribution < -0.4 is 4.74 Å². The van der Waals surface area contributed by atoms with Crippen molar-refractivity contribution in [3.63, 3.8) is 0 Å². The Hall–Kier alpha value is -3.33. The summed E-state index contributed by atoms with van der Waals surface area (Å²) < 4.78 is 7.46. The number of hydrogen-bond acceptors (Lipinski definition) is 2. The third kappa shape index (κ3) is 2.88. The highest BCUT2D eigenvalue weighted by molar-refractivity contribution is 5.82. The first kappa shape index (κ1) is 16.2. The van der Waals surface area contributed by atoms with E-state index in [0.29, 0.717) is 0 Å². The van der Waals surface area contributed by atoms with E-state index in [0.717, 1.165) is 39.7 Å². The molecule has 3 aromatic carbocycles. The lowest BCUT2D eigenvalue weighted by Gasteiger charge is -2.08. The van der Waals surface area contributed by atoms with E-state index in [1.807, 2.05) is 36.4 Å². The zero-order valence-electron chi connectivity index (χ0n) is 14.9. The summed E-state index contributed by atoms with van der Waals surface area (Å²) in [4.78, 5) is 5.00. The van der Waals surface area contributed by atoms with Gasteiger partial charge in [-0.25, -0.2) is 4.98 Å². The molecular formula is C23H20N2O. The van der Waals surface area contributed by atoms with E-state index in [-0.39, 0.29) is 0 Å². The fourth-order valence-corrected chi connectivity index (χ4v) is 3.22. The summed E-state index contributed by atoms with van der Waals surface area (Å²) >= 11 is 0. The highest BCUT2D eigenvalue weighted by atomic mass is 16.5. The van der Waals surface area contributed by atoms with Gasteiger partial charge in [0.25, 0.3) is 0 Å². The quantitative estimate of drug-likeness (QED) is 0.495. The fourth-order valence-electron chi connectivity index (χ4n) is 3.22. The molecule has 3 heteroatoms. The average molecular weight is 340 g/mol. The average Bonchev–Trinajstić information content (AvgIpc) is 3.06. The van der Waals surface area contributed by atoms with Crippen molar-refractivity contribution in [2.24, 2.45) is 7.05 Å². The molecule has 0 aliphatic rings. The molecule has 0 spiro atoms. The number of aromatic nitrogens is 2. The molecule has 0 saturated carbocycles. The van der Waals surface area contributed by atoms with Crippen LogP contribution in [-0.4, -0.2) is 16.7 Å². The van der Waals surface area contributed by atoms with Crippen LogP contribution in [0.4, 0.5) is 0 Å². The van der Waals surface area contributed by atoms with Gasteiger partial charge in [-0.15, -0.1) is 0 Å². The standard InChI is InChI=1S/C23H20N2O/c1-25-22(18-9-5-3-6-10-18)21(17-13-15-20(26-2)16-14-17)24-23(25)19-11-7-4-8-12-19/h3-16H,1-2H3. The Balaban J connectivity index is 1.94. The largest absolute Gasteiger partial charge is 0.497 e. The number of hydrogen-bond donors (Lipinski definition) is 0. The second kappa shape index (κ2) is 6.89. The smallest absolute Gasteiger partial charge is 0.140 e. The zero-order valence-corrected chi connectivity index (χ0v) is 14.9. The number of benzene rings is 3. The monoisotopic (exact) mass is 340 g/mol. The number of nitrogens with zero attached hydrogens (tertiary/aromatic N) is 2. The lowest BCUT2D eigenvalue weighted by Crippen LogP contribution is -1.95. The zero-order chi connectivity index (χ0) is 17.9. The van der Waals surface area contributed by atoms with E-state index in [2.05, 4.69) is 60.1 Å². The van der Waals surface area contributed by atoms with Crippen LogP contribution in [0.3, 0.4) is 0 Å². The van der Waals surface area contributed by atoms with Crippen LogP contribution in [0.25, 0.3) is 33.9 Å². The molecule has 128 valence electrons. The molecule has 1 aromatic heterocycles. The van der Waals surface area contributed by atoms with Crippen molar-refractivity contribution in [2.75, 3.05) is 7.11 Å². The number of rotatable bonds is 4. The van der Waals surface area contributed by atoms with Crippen LogP contribution in [0.2, 0.25) is 0 Å². The Bertz CT molecular complexity index is 1000. The van der Waals surface area contributed by atoms with Gasteiger partial charge in [0.05, 0.1) is 18.5 Å². The van der Waals surface area contributed by atoms with Crippen molar-refractivity contribution in [1.82, 2.24) is 9.55 Å². The van der Waals surface area contributed by atoms with E-state index in [1.165, 1.54) is 0 Å². The summed E-state index contributed by atoms with van der Waals surface area (Å²) in [5.74, 6) is 1.80. The Kier molecular flexibility index (Phi) is 4.28. The Labute approximate surface area is 153 Å². The van der Waals surface area contributed by atoms with Crippen molar-refractivity contribution in [1.29, 1.82) is 0 Å². The molecule has 0 unspecified atom stereocenters. The summed E-state index contributed by atoms with van der Waals surface area (Å²) in [6, 6.07) is 28.7. The molecule has 0 aliphatic carbocycles. The van der Waals surface area contributed by atoms with Crippen molar-refractivity contribution >= 4 is 0 Å². The van der Waals surface area contributed by atoms with Gasteiger partial charge in [-0.1, -0.05) is 60.7 Å². The minimum atomic E-state index is 0.842. The first-order valence-electron chi connectivity index (χ1n) is 8.60. The van der Waals surface area contributed by atoms with Crippen LogP contribution in [0.5, 0.6) is 5.75 Å². The second-order valence-electron chi connectivity index (χ2n) is 6.15. The van der Waals surface area contributed by atoms with Gasteiger partial charge in [0.15, 0.2) is 0 Å². The van der Waals surface area contributed by atoms with E-state index in [9.17, 15) is 0 Å². The lowest BCUT2D eigenvalue weighted by molar-refractivity contribution is 0.415.